The third-order valence-electron chi connectivity index (χ3n) is 9.08. The molecule has 1 aromatic heterocycles. The minimum Gasteiger partial charge on any atom is -0.466 e. The van der Waals surface area contributed by atoms with E-state index in [1.54, 1.807) is 15.9 Å². The maximum Gasteiger partial charge on any atom is 0.409 e. The maximum absolute atomic E-state index is 13.8. The van der Waals surface area contributed by atoms with Gasteiger partial charge in [-0.1, -0.05) is 63.4 Å². The fraction of sp³-hybridized carbons (Fsp3) is 0.588. The van der Waals surface area contributed by atoms with Crippen LogP contribution in [0.25, 0.3) is 11.4 Å². The lowest BCUT2D eigenvalue weighted by Crippen LogP contribution is -2.56. The molecule has 12 heteroatoms. The molecule has 1 N–H and O–H groups in total. The lowest BCUT2D eigenvalue weighted by atomic mass is 10.1. The molecule has 3 amide bonds. The zero-order valence-corrected chi connectivity index (χ0v) is 27.2. The Morgan fingerprint density at radius 1 is 0.891 bits per heavy atom. The van der Waals surface area contributed by atoms with Crippen LogP contribution in [-0.2, 0) is 19.1 Å². The van der Waals surface area contributed by atoms with Gasteiger partial charge in [0.05, 0.1) is 19.1 Å². The number of ether oxygens (including phenoxy) is 2. The molecule has 3 heterocycles. The Kier molecular flexibility index (Phi) is 11.1. The quantitative estimate of drug-likeness (QED) is 0.258. The topological polar surface area (TPSA) is 134 Å². The van der Waals surface area contributed by atoms with Crippen LogP contribution in [-0.4, -0.2) is 102 Å². The van der Waals surface area contributed by atoms with E-state index in [1.165, 1.54) is 0 Å². The summed E-state index contributed by atoms with van der Waals surface area (Å²) in [5.41, 5.74) is 0.956. The minimum absolute atomic E-state index is 0.0756. The first-order valence-electron chi connectivity index (χ1n) is 16.7. The van der Waals surface area contributed by atoms with E-state index in [4.69, 9.17) is 14.5 Å². The average Bonchev–Trinajstić information content (AvgIpc) is 3.59. The van der Waals surface area contributed by atoms with Crippen molar-refractivity contribution < 1.29 is 28.7 Å². The molecule has 0 radical (unpaired) electrons. The van der Waals surface area contributed by atoms with Gasteiger partial charge in [0.1, 0.15) is 17.6 Å². The van der Waals surface area contributed by atoms with Crippen molar-refractivity contribution in [3.8, 4) is 11.4 Å². The van der Waals surface area contributed by atoms with Gasteiger partial charge in [-0.3, -0.25) is 14.4 Å². The van der Waals surface area contributed by atoms with Crippen molar-refractivity contribution in [3.05, 3.63) is 42.1 Å². The number of carbonyl (C=O) groups excluding carboxylic acids is 4. The molecule has 0 spiro atoms. The molecule has 2 unspecified atom stereocenters. The van der Waals surface area contributed by atoms with Gasteiger partial charge in [-0.2, -0.15) is 0 Å². The molecule has 1 saturated carbocycles. The third kappa shape index (κ3) is 7.76. The van der Waals surface area contributed by atoms with E-state index in [0.717, 1.165) is 31.2 Å². The van der Waals surface area contributed by atoms with Gasteiger partial charge < -0.3 is 29.5 Å². The van der Waals surface area contributed by atoms with Gasteiger partial charge in [0.25, 0.3) is 5.91 Å². The number of carbonyl (C=O) groups is 4. The molecule has 4 atom stereocenters. The van der Waals surface area contributed by atoms with Crippen LogP contribution in [0.1, 0.15) is 63.4 Å². The van der Waals surface area contributed by atoms with Crippen molar-refractivity contribution >= 4 is 29.7 Å². The number of piperidine rings is 1. The van der Waals surface area contributed by atoms with E-state index in [1.807, 2.05) is 51.1 Å². The molecule has 2 saturated heterocycles. The van der Waals surface area contributed by atoms with E-state index >= 15 is 0 Å². The molecule has 2 aliphatic heterocycles. The molecule has 46 heavy (non-hydrogen) atoms. The van der Waals surface area contributed by atoms with Crippen LogP contribution >= 0.6 is 0 Å². The van der Waals surface area contributed by atoms with E-state index in [2.05, 4.69) is 15.2 Å². The number of rotatable bonds is 13. The van der Waals surface area contributed by atoms with E-state index < -0.39 is 11.9 Å². The standard InChI is InChI=1S/C34H46N6O6/c1-4-7-14-26(32(42)38-15-17-39(18-16-38)34(44)46-19-8-5-2)36-31(41)27-20-28(37-30(35-27)23-12-10-9-11-13-23)40-21-24-25(22-40)29(24)33(43)45-6-3/h9-13,20,24-26,29H,4-8,14-19,21-22H2,1-3H3,(H,36,41)/t24-,25+,26?,29?. The number of esters is 1. The minimum atomic E-state index is -0.723. The Morgan fingerprint density at radius 3 is 2.22 bits per heavy atom. The van der Waals surface area contributed by atoms with Crippen LogP contribution in [0.2, 0.25) is 0 Å². The number of nitrogens with zero attached hydrogens (tertiary/aromatic N) is 5. The van der Waals surface area contributed by atoms with Crippen molar-refractivity contribution in [3.63, 3.8) is 0 Å². The lowest BCUT2D eigenvalue weighted by molar-refractivity contribution is -0.145. The van der Waals surface area contributed by atoms with Crippen molar-refractivity contribution in [1.82, 2.24) is 25.1 Å². The summed E-state index contributed by atoms with van der Waals surface area (Å²) in [7, 11) is 0. The number of fused-ring (bicyclic) bond motifs is 1. The smallest absolute Gasteiger partial charge is 0.409 e. The van der Waals surface area contributed by atoms with Gasteiger partial charge in [0, 0.05) is 50.9 Å². The maximum atomic E-state index is 13.8. The fourth-order valence-electron chi connectivity index (χ4n) is 6.35. The molecular formula is C34H46N6O6. The number of hydrogen-bond acceptors (Lipinski definition) is 9. The number of anilines is 1. The Bertz CT molecular complexity index is 1370. The number of nitrogens with one attached hydrogen (secondary N) is 1. The molecule has 2 aromatic rings. The summed E-state index contributed by atoms with van der Waals surface area (Å²) < 4.78 is 10.6. The monoisotopic (exact) mass is 634 g/mol. The molecule has 0 bridgehead atoms. The second kappa shape index (κ2) is 15.4. The van der Waals surface area contributed by atoms with Gasteiger partial charge in [0.2, 0.25) is 5.91 Å². The van der Waals surface area contributed by atoms with Crippen molar-refractivity contribution in [2.75, 3.05) is 57.4 Å². The number of aromatic nitrogens is 2. The molecule has 3 fully saturated rings. The number of amides is 3. The number of benzene rings is 1. The van der Waals surface area contributed by atoms with Crippen molar-refractivity contribution in [1.29, 1.82) is 0 Å². The largest absolute Gasteiger partial charge is 0.466 e. The van der Waals surface area contributed by atoms with Crippen LogP contribution in [0.15, 0.2) is 36.4 Å². The number of hydrogen-bond donors (Lipinski definition) is 1. The SMILES string of the molecule is CCCCOC(=O)N1CCN(C(=O)C(CCCC)NC(=O)c2cc(N3C[C@@H]4C(C(=O)OCC)[C@@H]4C3)nc(-c3ccccc3)n2)CC1. The third-order valence-corrected chi connectivity index (χ3v) is 9.08. The predicted molar refractivity (Wildman–Crippen MR) is 172 cm³/mol. The second-order valence-electron chi connectivity index (χ2n) is 12.3. The summed E-state index contributed by atoms with van der Waals surface area (Å²) in [6, 6.07) is 10.4. The second-order valence-corrected chi connectivity index (χ2v) is 12.3. The summed E-state index contributed by atoms with van der Waals surface area (Å²) in [6.07, 6.45) is 3.55. The molecule has 1 aliphatic carbocycles. The molecule has 5 rings (SSSR count). The van der Waals surface area contributed by atoms with Crippen LogP contribution in [0, 0.1) is 17.8 Å². The van der Waals surface area contributed by atoms with Gasteiger partial charge in [0.15, 0.2) is 5.82 Å². The van der Waals surface area contributed by atoms with Crippen LogP contribution < -0.4 is 10.2 Å². The Balaban J connectivity index is 1.28. The highest BCUT2D eigenvalue weighted by Crippen LogP contribution is 2.53. The Labute approximate surface area is 270 Å². The van der Waals surface area contributed by atoms with E-state index in [-0.39, 0.29) is 41.4 Å². The van der Waals surface area contributed by atoms with Gasteiger partial charge in [-0.25, -0.2) is 14.8 Å². The first-order chi connectivity index (χ1) is 22.3. The molecule has 1 aromatic carbocycles. The number of piperazine rings is 1. The lowest BCUT2D eigenvalue weighted by Gasteiger charge is -2.36. The molecular weight excluding hydrogens is 588 g/mol. The highest BCUT2D eigenvalue weighted by atomic mass is 16.6. The summed E-state index contributed by atoms with van der Waals surface area (Å²) in [5, 5.41) is 2.98. The molecule has 12 nitrogen and oxygen atoms in total. The first-order valence-corrected chi connectivity index (χ1v) is 16.7. The van der Waals surface area contributed by atoms with Gasteiger partial charge >= 0.3 is 12.1 Å². The Hall–Kier alpha value is -4.22. The predicted octanol–water partition coefficient (Wildman–Crippen LogP) is 3.76. The summed E-state index contributed by atoms with van der Waals surface area (Å²) >= 11 is 0. The van der Waals surface area contributed by atoms with Crippen LogP contribution in [0.5, 0.6) is 0 Å². The van der Waals surface area contributed by atoms with Gasteiger partial charge in [-0.05, 0) is 31.6 Å². The molecule has 248 valence electrons. The first kappa shape index (κ1) is 33.2. The van der Waals surface area contributed by atoms with E-state index in [0.29, 0.717) is 70.5 Å². The van der Waals surface area contributed by atoms with E-state index in [9.17, 15) is 19.2 Å². The van der Waals surface area contributed by atoms with Gasteiger partial charge in [-0.15, -0.1) is 0 Å². The highest BCUT2D eigenvalue weighted by molar-refractivity contribution is 5.97. The number of unbranched alkanes of at least 4 members (excludes halogenated alkanes) is 2. The van der Waals surface area contributed by atoms with Crippen LogP contribution in [0.3, 0.4) is 0 Å². The summed E-state index contributed by atoms with van der Waals surface area (Å²) in [5.74, 6) is 0.637. The van der Waals surface area contributed by atoms with Crippen molar-refractivity contribution in [2.45, 2.75) is 58.9 Å². The van der Waals surface area contributed by atoms with Crippen LogP contribution in [0.4, 0.5) is 10.6 Å². The molecule has 3 aliphatic rings. The summed E-state index contributed by atoms with van der Waals surface area (Å²) in [4.78, 5) is 67.1. The van der Waals surface area contributed by atoms with Crippen molar-refractivity contribution in [2.24, 2.45) is 17.8 Å². The summed E-state index contributed by atoms with van der Waals surface area (Å²) in [6.45, 7) is 9.48. The fourth-order valence-corrected chi connectivity index (χ4v) is 6.35. The zero-order valence-electron chi connectivity index (χ0n) is 27.2. The average molecular weight is 635 g/mol. The Morgan fingerprint density at radius 2 is 1.57 bits per heavy atom. The normalized spacial score (nSPS) is 20.9. The highest BCUT2D eigenvalue weighted by Gasteiger charge is 2.60. The zero-order chi connectivity index (χ0) is 32.6.